The Morgan fingerprint density at radius 1 is 0.708 bits per heavy atom. The van der Waals surface area contributed by atoms with E-state index in [0.717, 1.165) is 22.1 Å². The highest BCUT2D eigenvalue weighted by atomic mass is 32.2. The molecule has 0 saturated heterocycles. The molecule has 0 atom stereocenters. The summed E-state index contributed by atoms with van der Waals surface area (Å²) in [4.78, 5) is 0. The Kier molecular flexibility index (Phi) is 7.33. The zero-order valence-electron chi connectivity index (χ0n) is 15.6. The normalized spacial score (nSPS) is 25.5. The molecule has 0 aliphatic heterocycles. The SMILES string of the molecule is CSC(=S)OC(C1CCCCC1)(C1CCCCC1)C1CCCCC1. The molecule has 3 aliphatic rings. The van der Waals surface area contributed by atoms with Gasteiger partial charge in [-0.1, -0.05) is 69.5 Å². The van der Waals surface area contributed by atoms with Crippen molar-refractivity contribution in [3.8, 4) is 0 Å². The summed E-state index contributed by atoms with van der Waals surface area (Å²) < 4.78 is 7.72. The standard InChI is InChI=1S/C21H36OS2/c1-24-20(23)22-21(17-11-5-2-6-12-17,18-13-7-3-8-14-18)19-15-9-4-10-16-19/h17-19H,2-16H2,1H3. The van der Waals surface area contributed by atoms with Gasteiger partial charge in [-0.25, -0.2) is 0 Å². The van der Waals surface area contributed by atoms with Gasteiger partial charge in [-0.2, -0.15) is 0 Å². The van der Waals surface area contributed by atoms with Crippen LogP contribution in [0, 0.1) is 17.8 Å². The van der Waals surface area contributed by atoms with Crippen LogP contribution in [0.4, 0.5) is 0 Å². The average Bonchev–Trinajstić information content (AvgIpc) is 2.68. The summed E-state index contributed by atoms with van der Waals surface area (Å²) >= 11 is 7.30. The summed E-state index contributed by atoms with van der Waals surface area (Å²) in [7, 11) is 0. The topological polar surface area (TPSA) is 9.23 Å². The van der Waals surface area contributed by atoms with Crippen LogP contribution in [0.5, 0.6) is 0 Å². The fourth-order valence-corrected chi connectivity index (χ4v) is 6.47. The van der Waals surface area contributed by atoms with Crippen molar-refractivity contribution in [3.63, 3.8) is 0 Å². The lowest BCUT2D eigenvalue weighted by molar-refractivity contribution is -0.126. The third-order valence-electron chi connectivity index (χ3n) is 7.16. The van der Waals surface area contributed by atoms with E-state index in [1.807, 2.05) is 0 Å². The molecule has 0 N–H and O–H groups in total. The molecule has 0 heterocycles. The lowest BCUT2D eigenvalue weighted by Gasteiger charge is -2.54. The second-order valence-electron chi connectivity index (χ2n) is 8.41. The molecule has 0 unspecified atom stereocenters. The second kappa shape index (κ2) is 9.26. The van der Waals surface area contributed by atoms with Gasteiger partial charge in [-0.3, -0.25) is 0 Å². The maximum Gasteiger partial charge on any atom is 0.220 e. The van der Waals surface area contributed by atoms with Crippen molar-refractivity contribution in [1.29, 1.82) is 0 Å². The first-order valence-corrected chi connectivity index (χ1v) is 12.2. The third kappa shape index (κ3) is 4.14. The molecular weight excluding hydrogens is 332 g/mol. The summed E-state index contributed by atoms with van der Waals surface area (Å²) in [6, 6.07) is 0. The van der Waals surface area contributed by atoms with E-state index in [-0.39, 0.29) is 5.60 Å². The molecule has 0 bridgehead atoms. The molecule has 1 nitrogen and oxygen atoms in total. The van der Waals surface area contributed by atoms with Gasteiger partial charge in [0.05, 0.1) is 0 Å². The van der Waals surface area contributed by atoms with Gasteiger partial charge < -0.3 is 4.74 Å². The molecule has 24 heavy (non-hydrogen) atoms. The first-order chi connectivity index (χ1) is 11.8. The lowest BCUT2D eigenvalue weighted by Crippen LogP contribution is -2.55. The number of thioether (sulfide) groups is 1. The van der Waals surface area contributed by atoms with Gasteiger partial charge in [0.15, 0.2) is 0 Å². The Balaban J connectivity index is 1.93. The maximum absolute atomic E-state index is 6.90. The predicted molar refractivity (Wildman–Crippen MR) is 110 cm³/mol. The van der Waals surface area contributed by atoms with Crippen LogP contribution in [0.1, 0.15) is 96.3 Å². The first kappa shape index (κ1) is 19.0. The Bertz CT molecular complexity index is 345. The fourth-order valence-electron chi connectivity index (χ4n) is 6.10. The second-order valence-corrected chi connectivity index (χ2v) is 9.82. The monoisotopic (exact) mass is 368 g/mol. The minimum Gasteiger partial charge on any atom is -0.471 e. The van der Waals surface area contributed by atoms with Gasteiger partial charge in [-0.05, 0) is 74.8 Å². The molecule has 0 amide bonds. The predicted octanol–water partition coefficient (Wildman–Crippen LogP) is 7.13. The minimum atomic E-state index is 0.0708. The summed E-state index contributed by atoms with van der Waals surface area (Å²) in [5, 5.41) is 0. The van der Waals surface area contributed by atoms with Crippen LogP contribution in [-0.2, 0) is 4.74 Å². The van der Waals surface area contributed by atoms with E-state index in [4.69, 9.17) is 17.0 Å². The number of hydrogen-bond acceptors (Lipinski definition) is 3. The Morgan fingerprint density at radius 3 is 1.33 bits per heavy atom. The molecule has 3 fully saturated rings. The summed E-state index contributed by atoms with van der Waals surface area (Å²) in [6.45, 7) is 0. The lowest BCUT2D eigenvalue weighted by atomic mass is 9.58. The molecule has 0 aromatic carbocycles. The van der Waals surface area contributed by atoms with E-state index in [1.165, 1.54) is 96.3 Å². The van der Waals surface area contributed by atoms with Crippen molar-refractivity contribution in [2.24, 2.45) is 17.8 Å². The number of hydrogen-bond donors (Lipinski definition) is 0. The van der Waals surface area contributed by atoms with Gasteiger partial charge in [0.25, 0.3) is 0 Å². The van der Waals surface area contributed by atoms with Crippen LogP contribution in [0.25, 0.3) is 0 Å². The van der Waals surface area contributed by atoms with Crippen LogP contribution in [-0.4, -0.2) is 16.2 Å². The first-order valence-electron chi connectivity index (χ1n) is 10.5. The van der Waals surface area contributed by atoms with Gasteiger partial charge in [0, 0.05) is 0 Å². The molecule has 0 aromatic heterocycles. The summed E-state index contributed by atoms with van der Waals surface area (Å²) in [5.74, 6) is 2.26. The van der Waals surface area contributed by atoms with Crippen molar-refractivity contribution >= 4 is 28.4 Å². The molecule has 0 aromatic rings. The number of thiocarbonyl (C=S) groups is 1. The van der Waals surface area contributed by atoms with Gasteiger partial charge in [0.1, 0.15) is 5.60 Å². The highest BCUT2D eigenvalue weighted by Crippen LogP contribution is 2.53. The number of rotatable bonds is 4. The minimum absolute atomic E-state index is 0.0708. The summed E-state index contributed by atoms with van der Waals surface area (Å²) in [5.41, 5.74) is 0.0708. The van der Waals surface area contributed by atoms with Crippen molar-refractivity contribution in [3.05, 3.63) is 0 Å². The quantitative estimate of drug-likeness (QED) is 0.488. The van der Waals surface area contributed by atoms with Crippen LogP contribution in [0.15, 0.2) is 0 Å². The third-order valence-corrected chi connectivity index (χ3v) is 8.16. The van der Waals surface area contributed by atoms with E-state index in [9.17, 15) is 0 Å². The van der Waals surface area contributed by atoms with Crippen LogP contribution in [0.3, 0.4) is 0 Å². The molecular formula is C21H36OS2. The van der Waals surface area contributed by atoms with Crippen molar-refractivity contribution in [2.75, 3.05) is 6.26 Å². The summed E-state index contributed by atoms with van der Waals surface area (Å²) in [6.07, 6.45) is 23.1. The van der Waals surface area contributed by atoms with Crippen molar-refractivity contribution in [1.82, 2.24) is 0 Å². The molecule has 0 radical (unpaired) electrons. The van der Waals surface area contributed by atoms with E-state index >= 15 is 0 Å². The molecule has 3 rings (SSSR count). The molecule has 3 heteroatoms. The van der Waals surface area contributed by atoms with Crippen molar-refractivity contribution < 1.29 is 4.74 Å². The fraction of sp³-hybridized carbons (Fsp3) is 0.952. The van der Waals surface area contributed by atoms with Gasteiger partial charge >= 0.3 is 0 Å². The largest absolute Gasteiger partial charge is 0.471 e. The maximum atomic E-state index is 6.90. The molecule has 3 aliphatic carbocycles. The van der Waals surface area contributed by atoms with E-state index in [2.05, 4.69) is 6.26 Å². The van der Waals surface area contributed by atoms with Gasteiger partial charge in [0.2, 0.25) is 4.38 Å². The van der Waals surface area contributed by atoms with E-state index in [1.54, 1.807) is 11.8 Å². The highest BCUT2D eigenvalue weighted by molar-refractivity contribution is 8.22. The average molecular weight is 369 g/mol. The van der Waals surface area contributed by atoms with Crippen molar-refractivity contribution in [2.45, 2.75) is 102 Å². The highest BCUT2D eigenvalue weighted by Gasteiger charge is 2.53. The molecule has 138 valence electrons. The van der Waals surface area contributed by atoms with E-state index < -0.39 is 0 Å². The van der Waals surface area contributed by atoms with Crippen LogP contribution in [0.2, 0.25) is 0 Å². The zero-order chi connectivity index (χ0) is 16.8. The molecule has 3 saturated carbocycles. The van der Waals surface area contributed by atoms with Crippen LogP contribution >= 0.6 is 24.0 Å². The Morgan fingerprint density at radius 2 is 1.04 bits per heavy atom. The number of ether oxygens (including phenoxy) is 1. The van der Waals surface area contributed by atoms with Gasteiger partial charge in [-0.15, -0.1) is 0 Å². The Hall–Kier alpha value is 0.240. The molecule has 0 spiro atoms. The van der Waals surface area contributed by atoms with E-state index in [0.29, 0.717) is 0 Å². The Labute approximate surface area is 159 Å². The van der Waals surface area contributed by atoms with Crippen LogP contribution < -0.4 is 0 Å². The smallest absolute Gasteiger partial charge is 0.220 e. The zero-order valence-corrected chi connectivity index (χ0v) is 17.2.